The van der Waals surface area contributed by atoms with Crippen molar-refractivity contribution in [1.29, 1.82) is 0 Å². The van der Waals surface area contributed by atoms with Gasteiger partial charge in [-0.2, -0.15) is 17.7 Å². The Balaban J connectivity index is 3.71. The fourth-order valence-corrected chi connectivity index (χ4v) is 13.9. The van der Waals surface area contributed by atoms with E-state index in [-0.39, 0.29) is 0 Å². The summed E-state index contributed by atoms with van der Waals surface area (Å²) in [7, 11) is 4.20. The molecule has 0 N–H and O–H groups in total. The van der Waals surface area contributed by atoms with Gasteiger partial charge in [-0.1, -0.05) is 0 Å². The van der Waals surface area contributed by atoms with Crippen molar-refractivity contribution in [1.82, 2.24) is 14.0 Å². The van der Waals surface area contributed by atoms with Gasteiger partial charge in [0.05, 0.1) is 0 Å². The highest BCUT2D eigenvalue weighted by Crippen LogP contribution is 2.83. The first kappa shape index (κ1) is 17.1. The predicted molar refractivity (Wildman–Crippen MR) is 81.9 cm³/mol. The van der Waals surface area contributed by atoms with Crippen LogP contribution in [-0.4, -0.2) is 56.3 Å². The van der Waals surface area contributed by atoms with Gasteiger partial charge < -0.3 is 0 Å². The molecule has 1 aliphatic rings. The van der Waals surface area contributed by atoms with E-state index < -0.39 is 21.1 Å². The summed E-state index contributed by atoms with van der Waals surface area (Å²) in [5.41, 5.74) is 0. The average Bonchev–Trinajstić information content (AvgIpc) is 2.13. The van der Waals surface area contributed by atoms with E-state index in [2.05, 4.69) is 13.5 Å². The zero-order valence-electron chi connectivity index (χ0n) is 11.2. The third-order valence-electron chi connectivity index (χ3n) is 2.27. The maximum absolute atomic E-state index is 14.9. The highest BCUT2D eigenvalue weighted by atomic mass is 35.9. The molecular weight excluding hydrogens is 339 g/mol. The Morgan fingerprint density at radius 3 is 1.56 bits per heavy atom. The van der Waals surface area contributed by atoms with E-state index in [4.69, 9.17) is 22.5 Å². The second-order valence-electron chi connectivity index (χ2n) is 4.30. The molecule has 0 aliphatic carbocycles. The number of rotatable bonds is 3. The third-order valence-corrected chi connectivity index (χ3v) is 13.3. The van der Waals surface area contributed by atoms with E-state index in [1.165, 1.54) is 4.67 Å². The van der Waals surface area contributed by atoms with Crippen LogP contribution >= 0.6 is 43.6 Å². The maximum Gasteiger partial charge on any atom is 0.321 e. The van der Waals surface area contributed by atoms with Gasteiger partial charge in [0, 0.05) is 0 Å². The van der Waals surface area contributed by atoms with Gasteiger partial charge in [-0.15, -0.1) is 0 Å². The number of nitrogens with zero attached hydrogens (tertiary/aromatic N) is 6. The van der Waals surface area contributed by atoms with Gasteiger partial charge in [0.2, 0.25) is 7.51 Å². The molecule has 0 fully saturated rings. The van der Waals surface area contributed by atoms with E-state index in [1.54, 1.807) is 51.6 Å². The van der Waals surface area contributed by atoms with Crippen LogP contribution < -0.4 is 0 Å². The molecule has 1 aliphatic heterocycles. The second-order valence-corrected chi connectivity index (χ2v) is 15.2. The largest absolute Gasteiger partial charge is 0.321 e. The molecule has 0 aromatic rings. The molecule has 0 saturated carbocycles. The van der Waals surface area contributed by atoms with Crippen LogP contribution in [0.5, 0.6) is 0 Å². The van der Waals surface area contributed by atoms with Crippen LogP contribution in [0.3, 0.4) is 0 Å². The molecule has 0 radical (unpaired) electrons. The van der Waals surface area contributed by atoms with E-state index in [1.807, 2.05) is 0 Å². The summed E-state index contributed by atoms with van der Waals surface area (Å²) < 4.78 is 32.3. The lowest BCUT2D eigenvalue weighted by Gasteiger charge is -2.37. The molecule has 0 aromatic carbocycles. The SMILES string of the molecule is CN(C)P1(F)=NP(Cl)(Cl)=NP(N(C)C)(N(C)C)=N1. The summed E-state index contributed by atoms with van der Waals surface area (Å²) in [5, 5.41) is 0. The molecule has 108 valence electrons. The first-order valence-electron chi connectivity index (χ1n) is 4.99. The Morgan fingerprint density at radius 2 is 1.22 bits per heavy atom. The van der Waals surface area contributed by atoms with Crippen molar-refractivity contribution in [2.45, 2.75) is 0 Å². The van der Waals surface area contributed by atoms with E-state index >= 15 is 0 Å². The summed E-state index contributed by atoms with van der Waals surface area (Å²) in [4.78, 5) is 0. The van der Waals surface area contributed by atoms with Gasteiger partial charge in [0.25, 0.3) is 5.91 Å². The van der Waals surface area contributed by atoms with Crippen LogP contribution in [0.2, 0.25) is 0 Å². The zero-order valence-corrected chi connectivity index (χ0v) is 15.4. The quantitative estimate of drug-likeness (QED) is 0.670. The number of halogens is 3. The monoisotopic (exact) mass is 356 g/mol. The molecular formula is C6H18Cl2FN6P3. The standard InChI is InChI=1S/C6H18Cl2FN6P3/c1-13(2)17(9)10-16(7,8)11-18(12-17,14(3)4)15(5)6/h1-6H3. The Labute approximate surface area is 118 Å². The van der Waals surface area contributed by atoms with Crippen molar-refractivity contribution in [3.05, 3.63) is 0 Å². The minimum absolute atomic E-state index is 1.35. The normalized spacial score (nSPS) is 30.0. The summed E-state index contributed by atoms with van der Waals surface area (Å²) >= 11 is 12.2. The molecule has 0 saturated heterocycles. The number of hydrogen-bond acceptors (Lipinski definition) is 6. The summed E-state index contributed by atoms with van der Waals surface area (Å²) in [5.74, 6) is -3.04. The Bertz CT molecular complexity index is 484. The molecule has 1 atom stereocenters. The van der Waals surface area contributed by atoms with Crippen LogP contribution in [0, 0.1) is 0 Å². The second kappa shape index (κ2) is 5.46. The van der Waals surface area contributed by atoms with Gasteiger partial charge in [-0.25, -0.2) is 14.0 Å². The molecule has 0 bridgehead atoms. The Kier molecular flexibility index (Phi) is 5.20. The van der Waals surface area contributed by atoms with E-state index in [9.17, 15) is 4.20 Å². The molecule has 6 nitrogen and oxygen atoms in total. The van der Waals surface area contributed by atoms with Gasteiger partial charge >= 0.3 is 7.67 Å². The van der Waals surface area contributed by atoms with E-state index in [0.29, 0.717) is 0 Å². The zero-order chi connectivity index (χ0) is 14.4. The van der Waals surface area contributed by atoms with Crippen LogP contribution in [-0.2, 0) is 0 Å². The molecule has 1 rings (SSSR count). The van der Waals surface area contributed by atoms with Crippen molar-refractivity contribution < 1.29 is 4.20 Å². The lowest BCUT2D eigenvalue weighted by Crippen LogP contribution is -2.20. The van der Waals surface area contributed by atoms with Crippen LogP contribution in [0.25, 0.3) is 0 Å². The van der Waals surface area contributed by atoms with Crippen molar-refractivity contribution in [2.24, 2.45) is 13.5 Å². The number of hydrogen-bond donors (Lipinski definition) is 0. The Hall–Kier alpha value is 1.08. The predicted octanol–water partition coefficient (Wildman–Crippen LogP) is 4.97. The minimum Gasteiger partial charge on any atom is -0.246 e. The summed E-state index contributed by atoms with van der Waals surface area (Å²) in [6.07, 6.45) is 0. The highest BCUT2D eigenvalue weighted by molar-refractivity contribution is 8.13. The lowest BCUT2D eigenvalue weighted by atomic mass is 11.3. The van der Waals surface area contributed by atoms with Crippen LogP contribution in [0.15, 0.2) is 13.5 Å². The first-order valence-corrected chi connectivity index (χ1v) is 11.6. The third kappa shape index (κ3) is 3.21. The topological polar surface area (TPSA) is 46.8 Å². The molecule has 0 spiro atoms. The van der Waals surface area contributed by atoms with Gasteiger partial charge in [-0.05, 0) is 64.8 Å². The lowest BCUT2D eigenvalue weighted by molar-refractivity contribution is 0.557. The minimum atomic E-state index is -3.55. The van der Waals surface area contributed by atoms with Gasteiger partial charge in [0.1, 0.15) is 0 Å². The molecule has 12 heteroatoms. The van der Waals surface area contributed by atoms with E-state index in [0.717, 1.165) is 0 Å². The fraction of sp³-hybridized carbons (Fsp3) is 1.00. The van der Waals surface area contributed by atoms with Crippen molar-refractivity contribution >= 4 is 43.6 Å². The van der Waals surface area contributed by atoms with Gasteiger partial charge in [0.15, 0.2) is 0 Å². The highest BCUT2D eigenvalue weighted by Gasteiger charge is 2.39. The van der Waals surface area contributed by atoms with Crippen LogP contribution in [0.1, 0.15) is 0 Å². The molecule has 1 unspecified atom stereocenters. The molecule has 1 heterocycles. The maximum atomic E-state index is 14.9. The average molecular weight is 357 g/mol. The summed E-state index contributed by atoms with van der Waals surface area (Å²) in [6.45, 7) is 0. The Morgan fingerprint density at radius 1 is 0.778 bits per heavy atom. The first-order chi connectivity index (χ1) is 7.95. The molecule has 0 aromatic heterocycles. The van der Waals surface area contributed by atoms with Crippen molar-refractivity contribution in [3.63, 3.8) is 0 Å². The summed E-state index contributed by atoms with van der Waals surface area (Å²) in [6, 6.07) is 0. The molecule has 0 amide bonds. The fourth-order valence-electron chi connectivity index (χ4n) is 1.33. The smallest absolute Gasteiger partial charge is 0.246 e. The molecule has 18 heavy (non-hydrogen) atoms. The van der Waals surface area contributed by atoms with Crippen molar-refractivity contribution in [2.75, 3.05) is 42.3 Å². The van der Waals surface area contributed by atoms with Gasteiger partial charge in [-0.3, -0.25) is 0 Å². The van der Waals surface area contributed by atoms with Crippen LogP contribution in [0.4, 0.5) is 4.20 Å². The van der Waals surface area contributed by atoms with Crippen molar-refractivity contribution in [3.8, 4) is 0 Å².